The Labute approximate surface area is 204 Å². The highest BCUT2D eigenvalue weighted by Crippen LogP contribution is 2.37. The van der Waals surface area contributed by atoms with Crippen LogP contribution in [0.2, 0.25) is 0 Å². The third-order valence-corrected chi connectivity index (χ3v) is 5.38. The Morgan fingerprint density at radius 1 is 1.00 bits per heavy atom. The van der Waals surface area contributed by atoms with E-state index in [2.05, 4.69) is 4.99 Å². The molecule has 0 bridgehead atoms. The highest BCUT2D eigenvalue weighted by molar-refractivity contribution is 5.84. The van der Waals surface area contributed by atoms with E-state index in [0.717, 1.165) is 17.9 Å². The van der Waals surface area contributed by atoms with Crippen molar-refractivity contribution >= 4 is 12.1 Å². The number of halogens is 6. The molecular weight excluding hydrogens is 486 g/mol. The van der Waals surface area contributed by atoms with Gasteiger partial charge in [-0.2, -0.15) is 26.3 Å². The van der Waals surface area contributed by atoms with Crippen molar-refractivity contribution in [2.75, 3.05) is 13.2 Å². The maximum Gasteiger partial charge on any atom is 0.416 e. The lowest BCUT2D eigenvalue weighted by molar-refractivity contribution is -0.143. The predicted octanol–water partition coefficient (Wildman–Crippen LogP) is 6.61. The number of aldehydes is 1. The number of hydrogen-bond donors (Lipinski definition) is 0. The first-order valence-electron chi connectivity index (χ1n) is 11.1. The minimum absolute atomic E-state index is 0.150. The van der Waals surface area contributed by atoms with Gasteiger partial charge in [-0.15, -0.1) is 0 Å². The normalized spacial score (nSPS) is 13.8. The second kappa shape index (κ2) is 11.9. The van der Waals surface area contributed by atoms with Crippen LogP contribution in [-0.2, 0) is 30.1 Å². The van der Waals surface area contributed by atoms with Crippen molar-refractivity contribution in [1.82, 2.24) is 4.90 Å². The molecule has 2 aromatic carbocycles. The Bertz CT molecular complexity index is 1140. The molecule has 0 N–H and O–H groups in total. The quantitative estimate of drug-likeness (QED) is 0.217. The van der Waals surface area contributed by atoms with Crippen molar-refractivity contribution in [2.45, 2.75) is 38.2 Å². The third kappa shape index (κ3) is 7.73. The monoisotopic (exact) mass is 510 g/mol. The number of nitrogens with zero attached hydrogens (tertiary/aromatic N) is 2. The van der Waals surface area contributed by atoms with Crippen LogP contribution in [0, 0.1) is 0 Å². The zero-order chi connectivity index (χ0) is 26.2. The van der Waals surface area contributed by atoms with E-state index in [0.29, 0.717) is 30.5 Å². The van der Waals surface area contributed by atoms with Crippen LogP contribution in [0.4, 0.5) is 26.3 Å². The van der Waals surface area contributed by atoms with E-state index in [1.807, 2.05) is 0 Å². The van der Waals surface area contributed by atoms with Crippen molar-refractivity contribution in [1.29, 1.82) is 0 Å². The summed E-state index contributed by atoms with van der Waals surface area (Å²) in [7, 11) is 0. The fourth-order valence-corrected chi connectivity index (χ4v) is 3.66. The number of alkyl halides is 6. The first-order chi connectivity index (χ1) is 17.1. The molecule has 0 saturated carbocycles. The molecular formula is C26H24F6N2O2. The van der Waals surface area contributed by atoms with Crippen molar-refractivity contribution in [2.24, 2.45) is 4.99 Å². The van der Waals surface area contributed by atoms with Crippen LogP contribution in [0.15, 0.2) is 71.9 Å². The molecule has 1 heterocycles. The van der Waals surface area contributed by atoms with Crippen LogP contribution in [0.5, 0.6) is 5.75 Å². The molecule has 0 unspecified atom stereocenters. The predicted molar refractivity (Wildman–Crippen MR) is 124 cm³/mol. The van der Waals surface area contributed by atoms with Gasteiger partial charge in [0, 0.05) is 32.1 Å². The van der Waals surface area contributed by atoms with E-state index >= 15 is 0 Å². The van der Waals surface area contributed by atoms with Crippen LogP contribution in [0.1, 0.15) is 35.1 Å². The van der Waals surface area contributed by atoms with Gasteiger partial charge in [-0.25, -0.2) is 4.99 Å². The number of amidine groups is 1. The molecule has 0 radical (unpaired) electrons. The number of allylic oxidation sites excluding steroid dienone is 2. The number of carbonyl (C=O) groups excluding carboxylic acids is 1. The molecule has 0 spiro atoms. The van der Waals surface area contributed by atoms with E-state index in [4.69, 9.17) is 4.74 Å². The third-order valence-electron chi connectivity index (χ3n) is 5.38. The Kier molecular flexibility index (Phi) is 8.95. The summed E-state index contributed by atoms with van der Waals surface area (Å²) in [4.78, 5) is 16.6. The molecule has 1 aliphatic rings. The lowest BCUT2D eigenvalue weighted by atomic mass is 10.0. The minimum Gasteiger partial charge on any atom is -0.494 e. The molecule has 10 heteroatoms. The summed E-state index contributed by atoms with van der Waals surface area (Å²) in [5.41, 5.74) is -2.17. The van der Waals surface area contributed by atoms with Crippen molar-refractivity contribution in [3.05, 3.63) is 89.1 Å². The van der Waals surface area contributed by atoms with E-state index in [9.17, 15) is 31.1 Å². The lowest BCUT2D eigenvalue weighted by Crippen LogP contribution is -2.33. The molecule has 0 atom stereocenters. The molecule has 0 aliphatic carbocycles. The molecule has 3 rings (SSSR count). The maximum absolute atomic E-state index is 13.7. The molecule has 0 saturated heterocycles. The first-order valence-corrected chi connectivity index (χ1v) is 11.1. The minimum atomic E-state index is -4.96. The Hall–Kier alpha value is -3.56. The van der Waals surface area contributed by atoms with E-state index in [-0.39, 0.29) is 37.7 Å². The van der Waals surface area contributed by atoms with Gasteiger partial charge in [0.15, 0.2) is 0 Å². The van der Waals surface area contributed by atoms with Gasteiger partial charge in [-0.1, -0.05) is 30.4 Å². The topological polar surface area (TPSA) is 41.9 Å². The average molecular weight is 510 g/mol. The summed E-state index contributed by atoms with van der Waals surface area (Å²) in [6, 6.07) is 8.68. The van der Waals surface area contributed by atoms with Gasteiger partial charge < -0.3 is 14.4 Å². The highest BCUT2D eigenvalue weighted by Gasteiger charge is 2.38. The summed E-state index contributed by atoms with van der Waals surface area (Å²) < 4.78 is 85.9. The number of hydrogen-bond acceptors (Lipinski definition) is 4. The second-order valence-electron chi connectivity index (χ2n) is 8.03. The number of rotatable bonds is 9. The van der Waals surface area contributed by atoms with Gasteiger partial charge in [-0.05, 0) is 47.9 Å². The number of aliphatic imine (C=N–C) groups is 1. The largest absolute Gasteiger partial charge is 0.494 e. The molecule has 2 aromatic rings. The summed E-state index contributed by atoms with van der Waals surface area (Å²) in [6.07, 6.45) is -1.31. The lowest BCUT2D eigenvalue weighted by Gasteiger charge is -2.27. The van der Waals surface area contributed by atoms with E-state index < -0.39 is 23.5 Å². The molecule has 4 nitrogen and oxygen atoms in total. The van der Waals surface area contributed by atoms with Gasteiger partial charge in [0.25, 0.3) is 0 Å². The van der Waals surface area contributed by atoms with Crippen LogP contribution in [0.3, 0.4) is 0 Å². The van der Waals surface area contributed by atoms with E-state index in [1.54, 1.807) is 47.4 Å². The Morgan fingerprint density at radius 3 is 2.53 bits per heavy atom. The molecule has 0 aromatic heterocycles. The Balaban J connectivity index is 1.78. The van der Waals surface area contributed by atoms with Gasteiger partial charge in [0.2, 0.25) is 0 Å². The summed E-state index contributed by atoms with van der Waals surface area (Å²) in [5.74, 6) is 1.04. The van der Waals surface area contributed by atoms with Gasteiger partial charge in [0.1, 0.15) is 17.9 Å². The zero-order valence-corrected chi connectivity index (χ0v) is 19.1. The number of benzene rings is 2. The fourth-order valence-electron chi connectivity index (χ4n) is 3.66. The first kappa shape index (κ1) is 27.0. The SMILES string of the molecule is O=CCc1cccc(OCCCN(Cc2ccc(C(F)(F)F)cc2C(F)(F)F)C2=NC=CC=CC2)c1. The van der Waals surface area contributed by atoms with Gasteiger partial charge in [0.05, 0.1) is 17.7 Å². The molecule has 0 amide bonds. The van der Waals surface area contributed by atoms with E-state index in [1.165, 1.54) is 6.20 Å². The fraction of sp³-hybridized carbons (Fsp3) is 0.308. The van der Waals surface area contributed by atoms with Crippen LogP contribution in [-0.4, -0.2) is 30.2 Å². The molecule has 1 aliphatic heterocycles. The zero-order valence-electron chi connectivity index (χ0n) is 19.1. The average Bonchev–Trinajstić information content (AvgIpc) is 3.10. The van der Waals surface area contributed by atoms with Crippen molar-refractivity contribution in [3.63, 3.8) is 0 Å². The second-order valence-corrected chi connectivity index (χ2v) is 8.03. The van der Waals surface area contributed by atoms with Crippen molar-refractivity contribution in [3.8, 4) is 5.75 Å². The number of ether oxygens (including phenoxy) is 1. The van der Waals surface area contributed by atoms with Crippen LogP contribution in [0.25, 0.3) is 0 Å². The van der Waals surface area contributed by atoms with Gasteiger partial charge in [-0.3, -0.25) is 0 Å². The van der Waals surface area contributed by atoms with Crippen molar-refractivity contribution < 1.29 is 35.9 Å². The summed E-state index contributed by atoms with van der Waals surface area (Å²) in [5, 5.41) is 0. The smallest absolute Gasteiger partial charge is 0.416 e. The summed E-state index contributed by atoms with van der Waals surface area (Å²) >= 11 is 0. The van der Waals surface area contributed by atoms with Crippen LogP contribution < -0.4 is 4.74 Å². The molecule has 0 fully saturated rings. The Morgan fingerprint density at radius 2 is 1.81 bits per heavy atom. The maximum atomic E-state index is 13.7. The summed E-state index contributed by atoms with van der Waals surface area (Å²) in [6.45, 7) is 0.217. The van der Waals surface area contributed by atoms with Crippen LogP contribution >= 0.6 is 0 Å². The molecule has 36 heavy (non-hydrogen) atoms. The highest BCUT2D eigenvalue weighted by atomic mass is 19.4. The standard InChI is InChI=1S/C26H24F6N2O2/c27-25(28,29)21-10-9-20(23(17-21)26(30,31)32)18-34(24-8-2-1-3-12-33-24)13-5-15-36-22-7-4-6-19(16-22)11-14-35/h1-4,6-7,9-10,12,14,16-17H,5,8,11,13,15,18H2. The molecule has 192 valence electrons. The number of carbonyl (C=O) groups is 1. The van der Waals surface area contributed by atoms with Gasteiger partial charge >= 0.3 is 12.4 Å².